The van der Waals surface area contributed by atoms with E-state index in [0.29, 0.717) is 29.6 Å². The van der Waals surface area contributed by atoms with Crippen LogP contribution in [0, 0.1) is 0 Å². The highest BCUT2D eigenvalue weighted by molar-refractivity contribution is 14.0. The van der Waals surface area contributed by atoms with Crippen LogP contribution in [0.1, 0.15) is 24.8 Å². The summed E-state index contributed by atoms with van der Waals surface area (Å²) in [5.74, 6) is 0.971. The van der Waals surface area contributed by atoms with Gasteiger partial charge in [-0.3, -0.25) is 4.79 Å². The van der Waals surface area contributed by atoms with E-state index in [1.54, 1.807) is 20.2 Å². The quantitative estimate of drug-likeness (QED) is 0.282. The molecule has 1 aromatic carbocycles. The molecule has 3 rings (SSSR count). The van der Waals surface area contributed by atoms with Crippen LogP contribution in [0.15, 0.2) is 17.1 Å². The van der Waals surface area contributed by atoms with Gasteiger partial charge in [-0.25, -0.2) is 4.99 Å². The summed E-state index contributed by atoms with van der Waals surface area (Å²) < 4.78 is 46.6. The Kier molecular flexibility index (Phi) is 10.5. The molecule has 0 saturated carbocycles. The smallest absolute Gasteiger partial charge is 0.387 e. The molecular weight excluding hydrogens is 541 g/mol. The molecule has 1 unspecified atom stereocenters. The van der Waals surface area contributed by atoms with Crippen molar-refractivity contribution in [3.8, 4) is 17.2 Å². The first-order valence-electron chi connectivity index (χ1n) is 10.1. The van der Waals surface area contributed by atoms with Gasteiger partial charge in [0.05, 0.1) is 19.2 Å². The summed E-state index contributed by atoms with van der Waals surface area (Å²) in [5.41, 5.74) is 0.401. The lowest BCUT2D eigenvalue weighted by molar-refractivity contribution is -0.127. The molecule has 180 valence electrons. The number of nitrogens with one attached hydrogen (secondary N) is 2. The van der Waals surface area contributed by atoms with Gasteiger partial charge in [-0.1, -0.05) is 0 Å². The highest BCUT2D eigenvalue weighted by atomic mass is 127. The average molecular weight is 570 g/mol. The van der Waals surface area contributed by atoms with Crippen LogP contribution in [0.2, 0.25) is 0 Å². The van der Waals surface area contributed by atoms with E-state index in [1.165, 1.54) is 11.0 Å². The molecule has 1 saturated heterocycles. The summed E-state index contributed by atoms with van der Waals surface area (Å²) in [7, 11) is 3.31. The van der Waals surface area contributed by atoms with Crippen molar-refractivity contribution in [1.29, 1.82) is 0 Å². The molecule has 0 radical (unpaired) electrons. The number of hydrogen-bond donors (Lipinski definition) is 2. The van der Waals surface area contributed by atoms with E-state index in [1.807, 2.05) is 0 Å². The molecule has 0 bridgehead atoms. The highest BCUT2D eigenvalue weighted by Gasteiger charge is 2.20. The third-order valence-corrected chi connectivity index (χ3v) is 4.86. The van der Waals surface area contributed by atoms with Crippen molar-refractivity contribution in [1.82, 2.24) is 15.5 Å². The van der Waals surface area contributed by atoms with Crippen molar-refractivity contribution in [3.05, 3.63) is 17.7 Å². The molecule has 1 amide bonds. The number of benzene rings is 1. The van der Waals surface area contributed by atoms with Crippen molar-refractivity contribution in [3.63, 3.8) is 0 Å². The van der Waals surface area contributed by atoms with Crippen LogP contribution in [-0.2, 0) is 16.1 Å². The van der Waals surface area contributed by atoms with Gasteiger partial charge >= 0.3 is 6.61 Å². The van der Waals surface area contributed by atoms with E-state index < -0.39 is 6.61 Å². The Balaban J connectivity index is 0.00000363. The van der Waals surface area contributed by atoms with E-state index in [2.05, 4.69) is 20.4 Å². The fraction of sp³-hybridized carbons (Fsp3) is 0.600. The van der Waals surface area contributed by atoms with Gasteiger partial charge in [0.2, 0.25) is 12.7 Å². The van der Waals surface area contributed by atoms with Gasteiger partial charge in [-0.05, 0) is 25.3 Å². The van der Waals surface area contributed by atoms with Crippen LogP contribution in [0.25, 0.3) is 0 Å². The molecule has 0 aromatic heterocycles. The molecule has 1 fully saturated rings. The van der Waals surface area contributed by atoms with Crippen molar-refractivity contribution in [2.75, 3.05) is 40.6 Å². The Morgan fingerprint density at radius 3 is 2.66 bits per heavy atom. The lowest BCUT2D eigenvalue weighted by Gasteiger charge is -2.24. The van der Waals surface area contributed by atoms with Crippen LogP contribution >= 0.6 is 24.0 Å². The fourth-order valence-corrected chi connectivity index (χ4v) is 3.13. The summed E-state index contributed by atoms with van der Waals surface area (Å²) in [5, 5.41) is 6.14. The number of nitrogens with zero attached hydrogens (tertiary/aromatic N) is 2. The van der Waals surface area contributed by atoms with Gasteiger partial charge in [0.15, 0.2) is 17.5 Å². The zero-order chi connectivity index (χ0) is 22.2. The standard InChI is InChI=1S/C20H28F2N4O5.HI/c1-26(2)18(27)11-25-20(24-10-14-5-3-4-6-28-14)23-9-13-7-16-17(30-12-29-16)8-15(13)31-19(21)22;/h7-8,14,19H,3-6,9-12H2,1-2H3,(H2,23,24,25);1H. The molecule has 2 N–H and O–H groups in total. The Hall–Kier alpha value is -2.09. The first kappa shape index (κ1) is 26.2. The average Bonchev–Trinajstić information content (AvgIpc) is 3.20. The van der Waals surface area contributed by atoms with Gasteiger partial charge < -0.3 is 34.5 Å². The van der Waals surface area contributed by atoms with Gasteiger partial charge in [0, 0.05) is 38.9 Å². The second kappa shape index (κ2) is 12.8. The third kappa shape index (κ3) is 7.80. The molecule has 2 heterocycles. The number of amides is 1. The number of carbonyl (C=O) groups excluding carboxylic acids is 1. The van der Waals surface area contributed by atoms with Gasteiger partial charge in [0.1, 0.15) is 5.75 Å². The fourth-order valence-electron chi connectivity index (χ4n) is 3.13. The minimum Gasteiger partial charge on any atom is -0.454 e. The number of hydrogen-bond acceptors (Lipinski definition) is 6. The van der Waals surface area contributed by atoms with Crippen molar-refractivity contribution >= 4 is 35.8 Å². The number of alkyl halides is 2. The monoisotopic (exact) mass is 570 g/mol. The number of rotatable bonds is 8. The van der Waals surface area contributed by atoms with E-state index in [4.69, 9.17) is 14.2 Å². The Morgan fingerprint density at radius 1 is 1.25 bits per heavy atom. The Labute approximate surface area is 202 Å². The summed E-state index contributed by atoms with van der Waals surface area (Å²) >= 11 is 0. The maximum Gasteiger partial charge on any atom is 0.387 e. The third-order valence-electron chi connectivity index (χ3n) is 4.86. The Morgan fingerprint density at radius 2 is 2.00 bits per heavy atom. The SMILES string of the molecule is CN(C)C(=O)CNC(=NCc1cc2c(cc1OC(F)F)OCO2)NCC1CCCCO1.I. The van der Waals surface area contributed by atoms with E-state index in [9.17, 15) is 13.6 Å². The second-order valence-electron chi connectivity index (χ2n) is 7.37. The number of likely N-dealkylation sites (N-methyl/N-ethyl adjacent to an activating group) is 1. The topological polar surface area (TPSA) is 93.7 Å². The minimum atomic E-state index is -2.99. The number of fused-ring (bicyclic) bond motifs is 1. The summed E-state index contributed by atoms with van der Waals surface area (Å²) in [6.45, 7) is -1.68. The van der Waals surface area contributed by atoms with E-state index in [0.717, 1.165) is 25.9 Å². The van der Waals surface area contributed by atoms with E-state index >= 15 is 0 Å². The lowest BCUT2D eigenvalue weighted by Crippen LogP contribution is -2.45. The van der Waals surface area contributed by atoms with Crippen LogP contribution < -0.4 is 24.8 Å². The summed E-state index contributed by atoms with van der Waals surface area (Å²) in [6.07, 6.45) is 3.13. The molecule has 1 aromatic rings. The highest BCUT2D eigenvalue weighted by Crippen LogP contribution is 2.39. The molecule has 0 spiro atoms. The normalized spacial score (nSPS) is 17.5. The first-order valence-corrected chi connectivity index (χ1v) is 10.1. The zero-order valence-corrected chi connectivity index (χ0v) is 20.4. The second-order valence-corrected chi connectivity index (χ2v) is 7.37. The number of aliphatic imine (C=N–C) groups is 1. The summed E-state index contributed by atoms with van der Waals surface area (Å²) in [6, 6.07) is 2.93. The molecule has 0 aliphatic carbocycles. The molecule has 1 atom stereocenters. The molecule has 2 aliphatic rings. The predicted octanol–water partition coefficient (Wildman–Crippen LogP) is 2.33. The van der Waals surface area contributed by atoms with Crippen molar-refractivity contribution in [2.24, 2.45) is 4.99 Å². The Bertz CT molecular complexity index is 791. The maximum atomic E-state index is 12.9. The van der Waals surface area contributed by atoms with Gasteiger partial charge in [-0.15, -0.1) is 24.0 Å². The van der Waals surface area contributed by atoms with E-state index in [-0.39, 0.29) is 61.6 Å². The van der Waals surface area contributed by atoms with Crippen molar-refractivity contribution < 1.29 is 32.5 Å². The molecule has 12 heteroatoms. The number of carbonyl (C=O) groups is 1. The predicted molar refractivity (Wildman–Crippen MR) is 124 cm³/mol. The van der Waals surface area contributed by atoms with Crippen LogP contribution in [-0.4, -0.2) is 70.1 Å². The molecule has 9 nitrogen and oxygen atoms in total. The molecular formula is C20H29F2IN4O5. The summed E-state index contributed by atoms with van der Waals surface area (Å²) in [4.78, 5) is 17.9. The largest absolute Gasteiger partial charge is 0.454 e. The maximum absolute atomic E-state index is 12.9. The first-order chi connectivity index (χ1) is 14.9. The number of ether oxygens (including phenoxy) is 4. The number of halogens is 3. The molecule has 32 heavy (non-hydrogen) atoms. The molecule has 2 aliphatic heterocycles. The number of guanidine groups is 1. The van der Waals surface area contributed by atoms with Crippen LogP contribution in [0.3, 0.4) is 0 Å². The van der Waals surface area contributed by atoms with Gasteiger partial charge in [0.25, 0.3) is 0 Å². The van der Waals surface area contributed by atoms with Crippen molar-refractivity contribution in [2.45, 2.75) is 38.5 Å². The van der Waals surface area contributed by atoms with Crippen LogP contribution in [0.5, 0.6) is 17.2 Å². The zero-order valence-electron chi connectivity index (χ0n) is 18.1. The van der Waals surface area contributed by atoms with Gasteiger partial charge in [-0.2, -0.15) is 8.78 Å². The minimum absolute atomic E-state index is 0. The van der Waals surface area contributed by atoms with Crippen LogP contribution in [0.4, 0.5) is 8.78 Å². The lowest BCUT2D eigenvalue weighted by atomic mass is 10.1.